The van der Waals surface area contributed by atoms with Gasteiger partial charge in [0.1, 0.15) is 5.82 Å². The van der Waals surface area contributed by atoms with Crippen molar-refractivity contribution in [3.05, 3.63) is 67.9 Å². The summed E-state index contributed by atoms with van der Waals surface area (Å²) < 4.78 is 95.0. The number of halogens is 10. The molecule has 1 N–H and O–H groups in total. The summed E-state index contributed by atoms with van der Waals surface area (Å²) in [6.07, 6.45) is -12.7. The molecule has 2 aromatic rings. The summed E-state index contributed by atoms with van der Waals surface area (Å²) in [4.78, 5) is 0. The Labute approximate surface area is 188 Å². The fourth-order valence-corrected chi connectivity index (χ4v) is 3.80. The summed E-state index contributed by atoms with van der Waals surface area (Å²) in [5.74, 6) is -1.47. The van der Waals surface area contributed by atoms with E-state index in [9.17, 15) is 35.8 Å². The van der Waals surface area contributed by atoms with Gasteiger partial charge >= 0.3 is 12.4 Å². The molecule has 0 aliphatic carbocycles. The van der Waals surface area contributed by atoms with Gasteiger partial charge in [0, 0.05) is 6.42 Å². The third kappa shape index (κ3) is 5.78. The van der Waals surface area contributed by atoms with Crippen LogP contribution in [0.4, 0.5) is 30.7 Å². The van der Waals surface area contributed by atoms with Crippen LogP contribution in [0.3, 0.4) is 0 Å². The van der Waals surface area contributed by atoms with E-state index in [4.69, 9.17) is 34.8 Å². The lowest BCUT2D eigenvalue weighted by Gasteiger charge is -2.38. The molecule has 0 saturated carbocycles. The lowest BCUT2D eigenvalue weighted by molar-refractivity contribution is -0.266. The summed E-state index contributed by atoms with van der Waals surface area (Å²) in [6, 6.07) is 4.58. The van der Waals surface area contributed by atoms with E-state index in [1.807, 2.05) is 0 Å². The predicted molar refractivity (Wildman–Crippen MR) is 105 cm³/mol. The third-order valence-corrected chi connectivity index (χ3v) is 5.89. The molecular weight excluding hydrogens is 496 g/mol. The Hall–Kier alpha value is -1.22. The Morgan fingerprint density at radius 2 is 1.35 bits per heavy atom. The highest BCUT2D eigenvalue weighted by Crippen LogP contribution is 2.45. The Bertz CT molecular complexity index is 970. The van der Waals surface area contributed by atoms with Crippen molar-refractivity contribution in [1.82, 2.24) is 0 Å². The van der Waals surface area contributed by atoms with E-state index in [1.54, 1.807) is 0 Å². The van der Waals surface area contributed by atoms with Crippen molar-refractivity contribution < 1.29 is 35.8 Å². The smallest absolute Gasteiger partial charge is 0.380 e. The first-order valence-corrected chi connectivity index (χ1v) is 9.80. The molecule has 11 heteroatoms. The van der Waals surface area contributed by atoms with Crippen molar-refractivity contribution in [2.45, 2.75) is 50.1 Å². The van der Waals surface area contributed by atoms with Crippen LogP contribution in [-0.2, 0) is 18.0 Å². The second-order valence-corrected chi connectivity index (χ2v) is 9.05. The molecule has 172 valence electrons. The number of alkyl halides is 6. The van der Waals surface area contributed by atoms with Crippen LogP contribution in [0.5, 0.6) is 0 Å². The number of hydrogen-bond acceptors (Lipinski definition) is 1. The minimum atomic E-state index is -5.30. The summed E-state index contributed by atoms with van der Waals surface area (Å²) in [5, 5.41) is 9.78. The van der Waals surface area contributed by atoms with E-state index in [0.29, 0.717) is 0 Å². The van der Waals surface area contributed by atoms with Gasteiger partial charge in [0.05, 0.1) is 20.6 Å². The number of rotatable bonds is 5. The van der Waals surface area contributed by atoms with E-state index >= 15 is 0 Å². The Morgan fingerprint density at radius 1 is 0.806 bits per heavy atom. The molecule has 1 atom stereocenters. The molecule has 2 aromatic carbocycles. The fraction of sp³-hybridized carbons (Fsp3) is 0.400. The van der Waals surface area contributed by atoms with Gasteiger partial charge in [-0.15, -0.1) is 0 Å². The van der Waals surface area contributed by atoms with E-state index in [1.165, 1.54) is 32.0 Å². The monoisotopic (exact) mass is 510 g/mol. The molecule has 0 amide bonds. The van der Waals surface area contributed by atoms with Crippen LogP contribution < -0.4 is 0 Å². The molecule has 0 saturated heterocycles. The first-order chi connectivity index (χ1) is 13.9. The maximum atomic E-state index is 14.3. The molecule has 0 aliphatic heterocycles. The minimum Gasteiger partial charge on any atom is -0.380 e. The normalized spacial score (nSPS) is 15.1. The van der Waals surface area contributed by atoms with Gasteiger partial charge < -0.3 is 5.11 Å². The van der Waals surface area contributed by atoms with Crippen LogP contribution in [0.15, 0.2) is 30.3 Å². The van der Waals surface area contributed by atoms with E-state index in [0.717, 1.165) is 0 Å². The summed E-state index contributed by atoms with van der Waals surface area (Å²) in [6.45, 7) is 2.75. The molecule has 0 aliphatic rings. The van der Waals surface area contributed by atoms with Crippen molar-refractivity contribution in [1.29, 1.82) is 0 Å². The molecule has 0 aromatic heterocycles. The molecule has 2 rings (SSSR count). The fourth-order valence-electron chi connectivity index (χ4n) is 3.27. The molecule has 31 heavy (non-hydrogen) atoms. The maximum Gasteiger partial charge on any atom is 0.417 e. The van der Waals surface area contributed by atoms with Crippen LogP contribution in [0.2, 0.25) is 15.1 Å². The number of aliphatic hydroxyl groups is 1. The van der Waals surface area contributed by atoms with Gasteiger partial charge in [-0.3, -0.25) is 0 Å². The van der Waals surface area contributed by atoms with Gasteiger partial charge in [-0.05, 0) is 47.2 Å². The van der Waals surface area contributed by atoms with Gasteiger partial charge in [-0.25, -0.2) is 4.39 Å². The molecule has 1 nitrogen and oxygen atoms in total. The molecule has 0 spiro atoms. The van der Waals surface area contributed by atoms with Crippen LogP contribution in [0.1, 0.15) is 37.0 Å². The van der Waals surface area contributed by atoms with E-state index in [2.05, 4.69) is 0 Å². The Morgan fingerprint density at radius 3 is 1.84 bits per heavy atom. The van der Waals surface area contributed by atoms with Gasteiger partial charge in [0.15, 0.2) is 5.60 Å². The first-order valence-electron chi connectivity index (χ1n) is 8.67. The Kier molecular flexibility index (Phi) is 7.23. The predicted octanol–water partition coefficient (Wildman–Crippen LogP) is 8.01. The number of benzene rings is 2. The second-order valence-electron chi connectivity index (χ2n) is 7.82. The molecule has 0 fully saturated rings. The average Bonchev–Trinajstić information content (AvgIpc) is 2.58. The molecular formula is C20H16Cl3F7O. The highest BCUT2D eigenvalue weighted by Gasteiger charge is 2.56. The molecule has 0 radical (unpaired) electrons. The SMILES string of the molecule is CC(C)(CC(O)(Cc1cc(C(F)(F)F)cc(Cl)c1F)C(F)(F)F)c1ccc(Cl)c(Cl)c1. The van der Waals surface area contributed by atoms with Crippen molar-refractivity contribution in [2.24, 2.45) is 0 Å². The van der Waals surface area contributed by atoms with Crippen molar-refractivity contribution in [2.75, 3.05) is 0 Å². The molecule has 1 unspecified atom stereocenters. The quantitative estimate of drug-likeness (QED) is 0.403. The van der Waals surface area contributed by atoms with Gasteiger partial charge in [-0.1, -0.05) is 54.7 Å². The Balaban J connectivity index is 2.53. The van der Waals surface area contributed by atoms with Gasteiger partial charge in [0.2, 0.25) is 0 Å². The minimum absolute atomic E-state index is 0.0681. The second kappa shape index (κ2) is 8.61. The molecule has 0 bridgehead atoms. The lowest BCUT2D eigenvalue weighted by Crippen LogP contribution is -2.51. The van der Waals surface area contributed by atoms with Crippen LogP contribution >= 0.6 is 34.8 Å². The largest absolute Gasteiger partial charge is 0.417 e. The summed E-state index contributed by atoms with van der Waals surface area (Å²) >= 11 is 17.2. The third-order valence-electron chi connectivity index (χ3n) is 4.88. The standard InChI is InChI=1S/C20H16Cl3F7O/c1-17(2,11-3-4-13(21)14(22)6-11)9-18(31,20(28,29)30)8-10-5-12(19(25,26)27)7-15(23)16(10)24/h3-7,31H,8-9H2,1-2H3. The van der Waals surface area contributed by atoms with Crippen LogP contribution in [0, 0.1) is 5.82 Å². The molecule has 0 heterocycles. The highest BCUT2D eigenvalue weighted by molar-refractivity contribution is 6.42. The summed E-state index contributed by atoms with van der Waals surface area (Å²) in [5.41, 5.74) is -7.10. The maximum absolute atomic E-state index is 14.3. The van der Waals surface area contributed by atoms with E-state index in [-0.39, 0.29) is 27.7 Å². The van der Waals surface area contributed by atoms with Crippen molar-refractivity contribution >= 4 is 34.8 Å². The first kappa shape index (κ1) is 26.0. The number of hydrogen-bond donors (Lipinski definition) is 1. The van der Waals surface area contributed by atoms with E-state index < -0.39 is 58.2 Å². The topological polar surface area (TPSA) is 20.2 Å². The van der Waals surface area contributed by atoms with Crippen molar-refractivity contribution in [3.63, 3.8) is 0 Å². The average molecular weight is 512 g/mol. The zero-order chi connectivity index (χ0) is 24.0. The van der Waals surface area contributed by atoms with Gasteiger partial charge in [-0.2, -0.15) is 26.3 Å². The highest BCUT2D eigenvalue weighted by atomic mass is 35.5. The van der Waals surface area contributed by atoms with Crippen LogP contribution in [0.25, 0.3) is 0 Å². The zero-order valence-corrected chi connectivity index (χ0v) is 18.3. The van der Waals surface area contributed by atoms with Crippen molar-refractivity contribution in [3.8, 4) is 0 Å². The lowest BCUT2D eigenvalue weighted by atomic mass is 9.73. The van der Waals surface area contributed by atoms with Gasteiger partial charge in [0.25, 0.3) is 0 Å². The van der Waals surface area contributed by atoms with Crippen LogP contribution in [-0.4, -0.2) is 16.9 Å². The zero-order valence-electron chi connectivity index (χ0n) is 16.0. The summed E-state index contributed by atoms with van der Waals surface area (Å²) in [7, 11) is 0.